The Morgan fingerprint density at radius 1 is 1.26 bits per heavy atom. The molecule has 0 unspecified atom stereocenters. The standard InChI is InChI=1S/C15H12ClFN2/c1-10-4-2-7-13(16)15(10)19-9-12-6-3-5-11(8-18)14(12)17/h2-7,19H,9H2,1H3. The molecule has 1 N–H and O–H groups in total. The molecule has 0 radical (unpaired) electrons. The normalized spacial score (nSPS) is 10.0. The lowest BCUT2D eigenvalue weighted by molar-refractivity contribution is 0.609. The Bertz CT molecular complexity index is 627. The number of nitriles is 1. The lowest BCUT2D eigenvalue weighted by Crippen LogP contribution is -2.04. The number of halogens is 2. The van der Waals surface area contributed by atoms with E-state index in [1.807, 2.05) is 25.1 Å². The van der Waals surface area contributed by atoms with Crippen molar-refractivity contribution in [3.63, 3.8) is 0 Å². The van der Waals surface area contributed by atoms with Gasteiger partial charge in [0.15, 0.2) is 0 Å². The number of aryl methyl sites for hydroxylation is 1. The molecular formula is C15H12ClFN2. The molecule has 0 amide bonds. The van der Waals surface area contributed by atoms with Crippen molar-refractivity contribution >= 4 is 17.3 Å². The van der Waals surface area contributed by atoms with Crippen LogP contribution in [0.4, 0.5) is 10.1 Å². The molecule has 0 spiro atoms. The zero-order valence-electron chi connectivity index (χ0n) is 10.4. The van der Waals surface area contributed by atoms with Crippen LogP contribution in [0.15, 0.2) is 36.4 Å². The second-order valence-corrected chi connectivity index (χ2v) is 4.58. The van der Waals surface area contributed by atoms with E-state index in [1.165, 1.54) is 6.07 Å². The fraction of sp³-hybridized carbons (Fsp3) is 0.133. The van der Waals surface area contributed by atoms with Crippen LogP contribution in [-0.2, 0) is 6.54 Å². The second-order valence-electron chi connectivity index (χ2n) is 4.18. The molecule has 2 rings (SSSR count). The van der Waals surface area contributed by atoms with E-state index in [9.17, 15) is 4.39 Å². The minimum absolute atomic E-state index is 0.0511. The topological polar surface area (TPSA) is 35.8 Å². The third-order valence-corrected chi connectivity index (χ3v) is 3.19. The van der Waals surface area contributed by atoms with Crippen LogP contribution in [0.5, 0.6) is 0 Å². The van der Waals surface area contributed by atoms with Gasteiger partial charge in [0.1, 0.15) is 11.9 Å². The molecule has 0 aromatic heterocycles. The van der Waals surface area contributed by atoms with Gasteiger partial charge in [-0.05, 0) is 24.6 Å². The van der Waals surface area contributed by atoms with Crippen molar-refractivity contribution < 1.29 is 4.39 Å². The van der Waals surface area contributed by atoms with Gasteiger partial charge in [0.2, 0.25) is 0 Å². The van der Waals surface area contributed by atoms with Crippen LogP contribution in [0, 0.1) is 24.1 Å². The van der Waals surface area contributed by atoms with Crippen LogP contribution in [-0.4, -0.2) is 0 Å². The summed E-state index contributed by atoms with van der Waals surface area (Å²) in [5, 5.41) is 12.5. The highest BCUT2D eigenvalue weighted by molar-refractivity contribution is 6.33. The smallest absolute Gasteiger partial charge is 0.145 e. The molecule has 2 aromatic carbocycles. The van der Waals surface area contributed by atoms with E-state index in [4.69, 9.17) is 16.9 Å². The summed E-state index contributed by atoms with van der Waals surface area (Å²) in [5.41, 5.74) is 2.27. The molecule has 0 saturated heterocycles. The largest absolute Gasteiger partial charge is 0.379 e. The number of para-hydroxylation sites is 1. The van der Waals surface area contributed by atoms with Crippen molar-refractivity contribution in [1.29, 1.82) is 5.26 Å². The zero-order valence-corrected chi connectivity index (χ0v) is 11.1. The average Bonchev–Trinajstić information content (AvgIpc) is 2.40. The van der Waals surface area contributed by atoms with E-state index < -0.39 is 5.82 Å². The molecule has 0 aliphatic heterocycles. The summed E-state index contributed by atoms with van der Waals surface area (Å²) in [6, 6.07) is 12.2. The fourth-order valence-electron chi connectivity index (χ4n) is 1.84. The summed E-state index contributed by atoms with van der Waals surface area (Å²) < 4.78 is 13.9. The summed E-state index contributed by atoms with van der Waals surface area (Å²) in [7, 11) is 0. The molecule has 19 heavy (non-hydrogen) atoms. The number of hydrogen-bond donors (Lipinski definition) is 1. The fourth-order valence-corrected chi connectivity index (χ4v) is 2.13. The SMILES string of the molecule is Cc1cccc(Cl)c1NCc1cccc(C#N)c1F. The predicted molar refractivity (Wildman–Crippen MR) is 74.6 cm³/mol. The lowest BCUT2D eigenvalue weighted by Gasteiger charge is -2.12. The molecule has 0 saturated carbocycles. The van der Waals surface area contributed by atoms with E-state index >= 15 is 0 Å². The van der Waals surface area contributed by atoms with Crippen LogP contribution in [0.1, 0.15) is 16.7 Å². The van der Waals surface area contributed by atoms with Crippen LogP contribution in [0.2, 0.25) is 5.02 Å². The highest BCUT2D eigenvalue weighted by Crippen LogP contribution is 2.26. The molecule has 0 aliphatic rings. The van der Waals surface area contributed by atoms with Crippen molar-refractivity contribution in [2.75, 3.05) is 5.32 Å². The third kappa shape index (κ3) is 2.86. The maximum absolute atomic E-state index is 13.9. The van der Waals surface area contributed by atoms with Crippen molar-refractivity contribution in [3.8, 4) is 6.07 Å². The highest BCUT2D eigenvalue weighted by Gasteiger charge is 2.09. The first kappa shape index (κ1) is 13.4. The van der Waals surface area contributed by atoms with E-state index in [2.05, 4.69) is 5.32 Å². The molecule has 2 nitrogen and oxygen atoms in total. The van der Waals surface area contributed by atoms with Crippen LogP contribution in [0.25, 0.3) is 0 Å². The lowest BCUT2D eigenvalue weighted by atomic mass is 10.1. The Morgan fingerprint density at radius 2 is 2.00 bits per heavy atom. The predicted octanol–water partition coefficient (Wildman–Crippen LogP) is 4.27. The molecule has 0 aliphatic carbocycles. The molecular weight excluding hydrogens is 263 g/mol. The van der Waals surface area contributed by atoms with E-state index in [-0.39, 0.29) is 12.1 Å². The highest BCUT2D eigenvalue weighted by atomic mass is 35.5. The maximum atomic E-state index is 13.9. The van der Waals surface area contributed by atoms with Crippen LogP contribution < -0.4 is 5.32 Å². The minimum atomic E-state index is -0.484. The van der Waals surface area contributed by atoms with E-state index in [0.29, 0.717) is 10.6 Å². The zero-order chi connectivity index (χ0) is 13.8. The Balaban J connectivity index is 2.22. The Hall–Kier alpha value is -2.05. The molecule has 0 atom stereocenters. The molecule has 2 aromatic rings. The third-order valence-electron chi connectivity index (χ3n) is 2.88. The van der Waals surface area contributed by atoms with Gasteiger partial charge >= 0.3 is 0 Å². The molecule has 4 heteroatoms. The van der Waals surface area contributed by atoms with Crippen LogP contribution >= 0.6 is 11.6 Å². The van der Waals surface area contributed by atoms with E-state index in [1.54, 1.807) is 18.2 Å². The first-order valence-corrected chi connectivity index (χ1v) is 6.17. The number of anilines is 1. The average molecular weight is 275 g/mol. The van der Waals surface area contributed by atoms with Gasteiger partial charge in [-0.25, -0.2) is 4.39 Å². The van der Waals surface area contributed by atoms with Crippen LogP contribution in [0.3, 0.4) is 0 Å². The van der Waals surface area contributed by atoms with Crippen molar-refractivity contribution in [2.45, 2.75) is 13.5 Å². The van der Waals surface area contributed by atoms with Gasteiger partial charge in [-0.15, -0.1) is 0 Å². The van der Waals surface area contributed by atoms with Gasteiger partial charge in [0.05, 0.1) is 16.3 Å². The molecule has 0 bridgehead atoms. The Kier molecular flexibility index (Phi) is 4.03. The summed E-state index contributed by atoms with van der Waals surface area (Å²) >= 11 is 6.09. The summed E-state index contributed by atoms with van der Waals surface area (Å²) in [6.45, 7) is 2.21. The first-order chi connectivity index (χ1) is 9.13. The minimum Gasteiger partial charge on any atom is -0.379 e. The summed E-state index contributed by atoms with van der Waals surface area (Å²) in [6.07, 6.45) is 0. The number of nitrogens with zero attached hydrogens (tertiary/aromatic N) is 1. The number of rotatable bonds is 3. The van der Waals surface area contributed by atoms with Gasteiger partial charge in [-0.1, -0.05) is 35.9 Å². The van der Waals surface area contributed by atoms with Gasteiger partial charge in [0, 0.05) is 12.1 Å². The second kappa shape index (κ2) is 5.73. The van der Waals surface area contributed by atoms with Gasteiger partial charge in [-0.2, -0.15) is 5.26 Å². The first-order valence-electron chi connectivity index (χ1n) is 5.80. The summed E-state index contributed by atoms with van der Waals surface area (Å²) in [5.74, 6) is -0.484. The molecule has 96 valence electrons. The molecule has 0 fully saturated rings. The monoisotopic (exact) mass is 274 g/mol. The number of benzene rings is 2. The molecule has 0 heterocycles. The van der Waals surface area contributed by atoms with Gasteiger partial charge < -0.3 is 5.32 Å². The van der Waals surface area contributed by atoms with Crippen molar-refractivity contribution in [1.82, 2.24) is 0 Å². The van der Waals surface area contributed by atoms with E-state index in [0.717, 1.165) is 11.3 Å². The quantitative estimate of drug-likeness (QED) is 0.907. The van der Waals surface area contributed by atoms with Crippen molar-refractivity contribution in [3.05, 3.63) is 63.9 Å². The Labute approximate surface area is 116 Å². The maximum Gasteiger partial charge on any atom is 0.145 e. The van der Waals surface area contributed by atoms with Gasteiger partial charge in [-0.3, -0.25) is 0 Å². The number of hydrogen-bond acceptors (Lipinski definition) is 2. The Morgan fingerprint density at radius 3 is 2.68 bits per heavy atom. The summed E-state index contributed by atoms with van der Waals surface area (Å²) in [4.78, 5) is 0. The van der Waals surface area contributed by atoms with Crippen molar-refractivity contribution in [2.24, 2.45) is 0 Å². The number of nitrogens with one attached hydrogen (secondary N) is 1. The van der Waals surface area contributed by atoms with Gasteiger partial charge in [0.25, 0.3) is 0 Å².